The summed E-state index contributed by atoms with van der Waals surface area (Å²) in [7, 11) is 1.39. The zero-order chi connectivity index (χ0) is 28.2. The first-order valence-corrected chi connectivity index (χ1v) is 12.6. The van der Waals surface area contributed by atoms with Crippen molar-refractivity contribution >= 4 is 29.4 Å². The number of phenolic OH excluding ortho intramolecular Hbond substituents is 1. The van der Waals surface area contributed by atoms with Crippen molar-refractivity contribution < 1.29 is 39.6 Å². The Morgan fingerprint density at radius 2 is 1.92 bits per heavy atom. The molecule has 0 aliphatic heterocycles. The molecule has 0 spiro atoms. The van der Waals surface area contributed by atoms with Gasteiger partial charge >= 0.3 is 0 Å². The van der Waals surface area contributed by atoms with Crippen molar-refractivity contribution in [2.45, 2.75) is 64.9 Å². The Balaban J connectivity index is 1.87. The standard InChI is InChI=1S/C28H34N2O8/c1-27(2,3)7-5-6-13-8-15(12-30-38-4)17-10-14-9-16-11-18(31)21(26(29)36)25(35)28(16,37)24(34)19(14)23(33)20(17)22(13)32/h8,12,14,16,32-33,35,37H,5-7,9-11H2,1-4H3,(H2,29,36)/b30-12+/t14-,16+,28+/m1/s1. The molecule has 1 saturated carbocycles. The number of aryl methyl sites for hydroxylation is 1. The summed E-state index contributed by atoms with van der Waals surface area (Å²) < 4.78 is 0. The number of carbonyl (C=O) groups is 3. The molecule has 10 nitrogen and oxygen atoms in total. The van der Waals surface area contributed by atoms with Gasteiger partial charge in [0.25, 0.3) is 5.91 Å². The average Bonchev–Trinajstić information content (AvgIpc) is 2.81. The lowest BCUT2D eigenvalue weighted by molar-refractivity contribution is -0.147. The van der Waals surface area contributed by atoms with Crippen LogP contribution in [0, 0.1) is 17.3 Å². The molecule has 204 valence electrons. The number of hydrogen-bond acceptors (Lipinski definition) is 9. The zero-order valence-electron chi connectivity index (χ0n) is 22.0. The van der Waals surface area contributed by atoms with Crippen LogP contribution in [0.25, 0.3) is 5.76 Å². The Labute approximate surface area is 220 Å². The van der Waals surface area contributed by atoms with E-state index in [0.717, 1.165) is 12.8 Å². The van der Waals surface area contributed by atoms with Gasteiger partial charge in [-0.15, -0.1) is 0 Å². The topological polar surface area (TPSA) is 180 Å². The molecule has 0 bridgehead atoms. The lowest BCUT2D eigenvalue weighted by Crippen LogP contribution is -2.58. The SMILES string of the molecule is CO/N=C/c1cc(CCCC(C)(C)C)c(O)c2c1C[C@H]1C[C@H]3CC(=O)C(C(N)=O)=C(O)[C@@]3(O)C(=O)C1=C2O. The van der Waals surface area contributed by atoms with E-state index in [4.69, 9.17) is 10.6 Å². The van der Waals surface area contributed by atoms with Crippen molar-refractivity contribution in [3.8, 4) is 5.75 Å². The predicted octanol–water partition coefficient (Wildman–Crippen LogP) is 2.77. The fourth-order valence-electron chi connectivity index (χ4n) is 6.00. The highest BCUT2D eigenvalue weighted by molar-refractivity contribution is 6.22. The molecule has 0 saturated heterocycles. The second-order valence-corrected chi connectivity index (χ2v) is 11.6. The maximum atomic E-state index is 13.7. The van der Waals surface area contributed by atoms with Crippen LogP contribution < -0.4 is 5.73 Å². The number of fused-ring (bicyclic) bond motifs is 3. The van der Waals surface area contributed by atoms with Crippen LogP contribution in [-0.2, 0) is 32.1 Å². The van der Waals surface area contributed by atoms with Gasteiger partial charge in [-0.1, -0.05) is 25.9 Å². The molecular formula is C28H34N2O8. The van der Waals surface area contributed by atoms with Crippen LogP contribution >= 0.6 is 0 Å². The number of aromatic hydroxyl groups is 1. The van der Waals surface area contributed by atoms with Crippen LogP contribution in [0.2, 0.25) is 0 Å². The van der Waals surface area contributed by atoms with Gasteiger partial charge in [-0.25, -0.2) is 0 Å². The van der Waals surface area contributed by atoms with E-state index in [-0.39, 0.29) is 41.6 Å². The molecule has 10 heteroatoms. The Morgan fingerprint density at radius 1 is 1.24 bits per heavy atom. The van der Waals surface area contributed by atoms with Crippen molar-refractivity contribution in [2.24, 2.45) is 28.1 Å². The van der Waals surface area contributed by atoms with Crippen molar-refractivity contribution in [3.63, 3.8) is 0 Å². The predicted molar refractivity (Wildman–Crippen MR) is 138 cm³/mol. The Morgan fingerprint density at radius 3 is 2.53 bits per heavy atom. The van der Waals surface area contributed by atoms with Crippen LogP contribution in [-0.4, -0.2) is 56.8 Å². The lowest BCUT2D eigenvalue weighted by Gasteiger charge is -2.46. The molecule has 4 rings (SSSR count). The summed E-state index contributed by atoms with van der Waals surface area (Å²) in [5.41, 5.74) is 3.52. The lowest BCUT2D eigenvalue weighted by atomic mass is 9.59. The number of aliphatic hydroxyl groups is 3. The van der Waals surface area contributed by atoms with Gasteiger partial charge in [0, 0.05) is 23.5 Å². The van der Waals surface area contributed by atoms with Gasteiger partial charge in [-0.05, 0) is 60.6 Å². The van der Waals surface area contributed by atoms with E-state index >= 15 is 0 Å². The third-order valence-corrected chi connectivity index (χ3v) is 7.85. The monoisotopic (exact) mass is 526 g/mol. The summed E-state index contributed by atoms with van der Waals surface area (Å²) in [6.45, 7) is 6.35. The van der Waals surface area contributed by atoms with Gasteiger partial charge in [0.1, 0.15) is 30.0 Å². The first kappa shape index (κ1) is 27.4. The Bertz CT molecular complexity index is 1320. The van der Waals surface area contributed by atoms with E-state index in [9.17, 15) is 34.8 Å². The minimum Gasteiger partial charge on any atom is -0.508 e. The van der Waals surface area contributed by atoms with E-state index < -0.39 is 52.0 Å². The summed E-state index contributed by atoms with van der Waals surface area (Å²) in [6, 6.07) is 1.79. The quantitative estimate of drug-likeness (QED) is 0.213. The molecule has 0 radical (unpaired) electrons. The number of rotatable bonds is 6. The zero-order valence-corrected chi connectivity index (χ0v) is 22.0. The summed E-state index contributed by atoms with van der Waals surface area (Å²) in [5.74, 6) is -6.43. The fraction of sp³-hybridized carbons (Fsp3) is 0.500. The second-order valence-electron chi connectivity index (χ2n) is 11.6. The number of phenols is 1. The van der Waals surface area contributed by atoms with Gasteiger partial charge in [-0.2, -0.15) is 0 Å². The van der Waals surface area contributed by atoms with Crippen LogP contribution in [0.5, 0.6) is 5.75 Å². The van der Waals surface area contributed by atoms with Crippen LogP contribution in [0.4, 0.5) is 0 Å². The molecule has 6 N–H and O–H groups in total. The van der Waals surface area contributed by atoms with Gasteiger partial charge in [0.05, 0.1) is 11.8 Å². The number of nitrogens with zero attached hydrogens (tertiary/aromatic N) is 1. The highest BCUT2D eigenvalue weighted by Crippen LogP contribution is 2.52. The van der Waals surface area contributed by atoms with E-state index in [2.05, 4.69) is 25.9 Å². The number of hydrogen-bond donors (Lipinski definition) is 5. The maximum absolute atomic E-state index is 13.7. The van der Waals surface area contributed by atoms with Gasteiger partial charge in [0.15, 0.2) is 11.4 Å². The van der Waals surface area contributed by atoms with E-state index in [1.807, 2.05) is 0 Å². The fourth-order valence-corrected chi connectivity index (χ4v) is 6.00. The minimum absolute atomic E-state index is 0.0583. The number of amides is 1. The first-order chi connectivity index (χ1) is 17.7. The van der Waals surface area contributed by atoms with Gasteiger partial charge < -0.3 is 31.0 Å². The van der Waals surface area contributed by atoms with Crippen molar-refractivity contribution in [3.05, 3.63) is 45.2 Å². The number of nitrogens with two attached hydrogens (primary N) is 1. The first-order valence-electron chi connectivity index (χ1n) is 12.6. The van der Waals surface area contributed by atoms with Crippen molar-refractivity contribution in [2.75, 3.05) is 7.11 Å². The second kappa shape index (κ2) is 9.58. The average molecular weight is 527 g/mol. The van der Waals surface area contributed by atoms with Crippen LogP contribution in [0.3, 0.4) is 0 Å². The number of oxime groups is 1. The molecule has 1 aromatic carbocycles. The largest absolute Gasteiger partial charge is 0.508 e. The molecule has 3 aliphatic rings. The Hall–Kier alpha value is -3.66. The molecule has 0 aromatic heterocycles. The van der Waals surface area contributed by atoms with Crippen molar-refractivity contribution in [1.29, 1.82) is 0 Å². The van der Waals surface area contributed by atoms with Crippen LogP contribution in [0.1, 0.15) is 68.7 Å². The smallest absolute Gasteiger partial charge is 0.255 e. The van der Waals surface area contributed by atoms with E-state index in [0.29, 0.717) is 23.1 Å². The number of benzene rings is 1. The van der Waals surface area contributed by atoms with Gasteiger partial charge in [-0.3, -0.25) is 14.4 Å². The molecule has 3 aliphatic carbocycles. The normalized spacial score (nSPS) is 25.4. The number of Topliss-reactive ketones (excluding diaryl/α,β-unsaturated/α-hetero) is 2. The molecular weight excluding hydrogens is 492 g/mol. The molecule has 0 heterocycles. The number of carbonyl (C=O) groups excluding carboxylic acids is 3. The van der Waals surface area contributed by atoms with Gasteiger partial charge in [0.2, 0.25) is 5.78 Å². The molecule has 3 atom stereocenters. The molecule has 1 amide bonds. The summed E-state index contributed by atoms with van der Waals surface area (Å²) in [5, 5.41) is 48.6. The molecule has 1 aromatic rings. The molecule has 0 unspecified atom stereocenters. The number of aliphatic hydroxyl groups excluding tert-OH is 2. The van der Waals surface area contributed by atoms with Crippen molar-refractivity contribution in [1.82, 2.24) is 0 Å². The number of primary amides is 1. The van der Waals surface area contributed by atoms with E-state index in [1.165, 1.54) is 13.3 Å². The molecule has 1 fully saturated rings. The summed E-state index contributed by atoms with van der Waals surface area (Å²) in [4.78, 5) is 42.9. The Kier molecular flexibility index (Phi) is 6.90. The summed E-state index contributed by atoms with van der Waals surface area (Å²) >= 11 is 0. The number of ketones is 2. The third kappa shape index (κ3) is 4.36. The van der Waals surface area contributed by atoms with E-state index in [1.54, 1.807) is 6.07 Å². The minimum atomic E-state index is -2.59. The molecule has 38 heavy (non-hydrogen) atoms. The van der Waals surface area contributed by atoms with Crippen LogP contribution in [0.15, 0.2) is 28.1 Å². The maximum Gasteiger partial charge on any atom is 0.255 e. The summed E-state index contributed by atoms with van der Waals surface area (Å²) in [6.07, 6.45) is 3.54. The highest BCUT2D eigenvalue weighted by Gasteiger charge is 2.60. The highest BCUT2D eigenvalue weighted by atomic mass is 16.6. The third-order valence-electron chi connectivity index (χ3n) is 7.85.